The fraction of sp³-hybridized carbons (Fsp3) is 1.00. The molecule has 4 heteroatoms. The van der Waals surface area contributed by atoms with Crippen LogP contribution in [0, 0.1) is 0 Å². The standard InChI is InChI=1S/C7H16ClN2.ClH/c1-9-3-5-10(2,7-8)6-4-9;/h3-7H2,1-2H3;1H/q+1;/p-1. The minimum absolute atomic E-state index is 0. The normalized spacial score (nSPS) is 24.3. The highest BCUT2D eigenvalue weighted by atomic mass is 35.5. The van der Waals surface area contributed by atoms with Crippen LogP contribution in [0.5, 0.6) is 0 Å². The zero-order chi connectivity index (χ0) is 7.61. The first-order chi connectivity index (χ1) is 4.66. The van der Waals surface area contributed by atoms with Gasteiger partial charge in [-0.05, 0) is 7.05 Å². The van der Waals surface area contributed by atoms with E-state index >= 15 is 0 Å². The maximum absolute atomic E-state index is 5.82. The van der Waals surface area contributed by atoms with Gasteiger partial charge < -0.3 is 16.9 Å². The molecular formula is C7H16Cl2N2. The third kappa shape index (κ3) is 3.16. The van der Waals surface area contributed by atoms with Gasteiger partial charge >= 0.3 is 0 Å². The van der Waals surface area contributed by atoms with Crippen molar-refractivity contribution in [2.75, 3.05) is 46.3 Å². The SMILES string of the molecule is CN1CC[N+](C)(CCl)CC1.[Cl-]. The molecule has 0 aromatic rings. The number of rotatable bonds is 1. The Morgan fingerprint density at radius 2 is 1.82 bits per heavy atom. The van der Waals surface area contributed by atoms with Gasteiger partial charge in [-0.15, -0.1) is 0 Å². The molecule has 0 saturated carbocycles. The highest BCUT2D eigenvalue weighted by Gasteiger charge is 2.25. The molecule has 11 heavy (non-hydrogen) atoms. The summed E-state index contributed by atoms with van der Waals surface area (Å²) < 4.78 is 1.03. The third-order valence-electron chi connectivity index (χ3n) is 2.33. The molecule has 0 amide bonds. The van der Waals surface area contributed by atoms with Crippen LogP contribution < -0.4 is 12.4 Å². The molecule has 0 aromatic heterocycles. The topological polar surface area (TPSA) is 3.24 Å². The van der Waals surface area contributed by atoms with Crippen molar-refractivity contribution in [3.8, 4) is 0 Å². The lowest BCUT2D eigenvalue weighted by molar-refractivity contribution is -0.902. The lowest BCUT2D eigenvalue weighted by atomic mass is 10.3. The Labute approximate surface area is 80.1 Å². The minimum Gasteiger partial charge on any atom is -1.00 e. The van der Waals surface area contributed by atoms with Gasteiger partial charge in [0, 0.05) is 13.1 Å². The number of halogens is 2. The second-order valence-corrected chi connectivity index (χ2v) is 3.73. The first kappa shape index (κ1) is 11.5. The van der Waals surface area contributed by atoms with Gasteiger partial charge in [0.05, 0.1) is 20.1 Å². The molecule has 1 aliphatic rings. The van der Waals surface area contributed by atoms with Crippen molar-refractivity contribution in [2.45, 2.75) is 0 Å². The quantitative estimate of drug-likeness (QED) is 0.258. The van der Waals surface area contributed by atoms with E-state index in [1.54, 1.807) is 0 Å². The van der Waals surface area contributed by atoms with E-state index in [4.69, 9.17) is 11.6 Å². The second kappa shape index (κ2) is 4.51. The molecule has 1 fully saturated rings. The predicted octanol–water partition coefficient (Wildman–Crippen LogP) is -2.42. The third-order valence-corrected chi connectivity index (χ3v) is 2.91. The number of piperazine rings is 1. The van der Waals surface area contributed by atoms with Crippen molar-refractivity contribution in [2.24, 2.45) is 0 Å². The first-order valence-corrected chi connectivity index (χ1v) is 4.28. The van der Waals surface area contributed by atoms with Gasteiger partial charge in [0.25, 0.3) is 0 Å². The van der Waals surface area contributed by atoms with E-state index < -0.39 is 0 Å². The number of nitrogens with zero attached hydrogens (tertiary/aromatic N) is 2. The summed E-state index contributed by atoms with van der Waals surface area (Å²) in [5.41, 5.74) is 0. The molecule has 2 nitrogen and oxygen atoms in total. The monoisotopic (exact) mass is 198 g/mol. The number of hydrogen-bond donors (Lipinski definition) is 0. The van der Waals surface area contributed by atoms with Crippen molar-refractivity contribution in [1.29, 1.82) is 0 Å². The van der Waals surface area contributed by atoms with E-state index in [9.17, 15) is 0 Å². The van der Waals surface area contributed by atoms with Gasteiger partial charge in [-0.3, -0.25) is 4.90 Å². The summed E-state index contributed by atoms with van der Waals surface area (Å²) in [6.07, 6.45) is 0. The summed E-state index contributed by atoms with van der Waals surface area (Å²) in [4.78, 5) is 2.35. The number of likely N-dealkylation sites (N-methyl/N-ethyl adjacent to an activating group) is 2. The fourth-order valence-electron chi connectivity index (χ4n) is 1.17. The second-order valence-electron chi connectivity index (χ2n) is 3.49. The number of alkyl halides is 1. The van der Waals surface area contributed by atoms with Crippen LogP contribution >= 0.6 is 11.6 Å². The van der Waals surface area contributed by atoms with Crippen LogP contribution in [0.2, 0.25) is 0 Å². The average molecular weight is 199 g/mol. The molecular weight excluding hydrogens is 183 g/mol. The molecule has 0 radical (unpaired) electrons. The van der Waals surface area contributed by atoms with E-state index in [0.29, 0.717) is 0 Å². The summed E-state index contributed by atoms with van der Waals surface area (Å²) >= 11 is 5.82. The smallest absolute Gasteiger partial charge is 0.154 e. The number of hydrogen-bond acceptors (Lipinski definition) is 1. The number of quaternary nitrogens is 1. The highest BCUT2D eigenvalue weighted by Crippen LogP contribution is 2.09. The summed E-state index contributed by atoms with van der Waals surface area (Å²) in [5.74, 6) is 0. The van der Waals surface area contributed by atoms with E-state index in [1.807, 2.05) is 0 Å². The highest BCUT2D eigenvalue weighted by molar-refractivity contribution is 6.16. The van der Waals surface area contributed by atoms with Crippen LogP contribution in [0.25, 0.3) is 0 Å². The molecule has 1 heterocycles. The molecule has 1 saturated heterocycles. The van der Waals surface area contributed by atoms with Crippen molar-refractivity contribution in [1.82, 2.24) is 4.90 Å². The van der Waals surface area contributed by atoms with E-state index in [2.05, 4.69) is 19.0 Å². The average Bonchev–Trinajstić information content (AvgIpc) is 1.96. The molecule has 0 spiro atoms. The van der Waals surface area contributed by atoms with Crippen LogP contribution in [-0.4, -0.2) is 55.7 Å². The van der Waals surface area contributed by atoms with Gasteiger partial charge in [-0.2, -0.15) is 0 Å². The van der Waals surface area contributed by atoms with Gasteiger partial charge in [-0.25, -0.2) is 0 Å². The first-order valence-electron chi connectivity index (χ1n) is 3.74. The van der Waals surface area contributed by atoms with E-state index in [0.717, 1.165) is 10.5 Å². The maximum atomic E-state index is 5.82. The zero-order valence-corrected chi connectivity index (χ0v) is 8.70. The Kier molecular flexibility index (Phi) is 4.71. The van der Waals surface area contributed by atoms with Crippen LogP contribution in [0.15, 0.2) is 0 Å². The van der Waals surface area contributed by atoms with E-state index in [1.165, 1.54) is 26.2 Å². The Hall–Kier alpha value is 0.500. The lowest BCUT2D eigenvalue weighted by Crippen LogP contribution is -3.00. The minimum atomic E-state index is 0. The van der Waals surface area contributed by atoms with Crippen molar-refractivity contribution in [3.63, 3.8) is 0 Å². The van der Waals surface area contributed by atoms with Crippen LogP contribution in [0.1, 0.15) is 0 Å². The van der Waals surface area contributed by atoms with Crippen molar-refractivity contribution < 1.29 is 16.9 Å². The van der Waals surface area contributed by atoms with Gasteiger partial charge in [0.2, 0.25) is 0 Å². The maximum Gasteiger partial charge on any atom is 0.154 e. The van der Waals surface area contributed by atoms with Gasteiger partial charge in [-0.1, -0.05) is 11.6 Å². The Balaban J connectivity index is 0.000001000. The Morgan fingerprint density at radius 3 is 2.18 bits per heavy atom. The largest absolute Gasteiger partial charge is 1.00 e. The van der Waals surface area contributed by atoms with Gasteiger partial charge in [0.15, 0.2) is 6.00 Å². The molecule has 0 aliphatic carbocycles. The van der Waals surface area contributed by atoms with Gasteiger partial charge in [0.1, 0.15) is 0 Å². The van der Waals surface area contributed by atoms with E-state index in [-0.39, 0.29) is 12.4 Å². The molecule has 0 N–H and O–H groups in total. The van der Waals surface area contributed by atoms with Crippen LogP contribution in [-0.2, 0) is 0 Å². The summed E-state index contributed by atoms with van der Waals surface area (Å²) in [6, 6.07) is 0.758. The summed E-state index contributed by atoms with van der Waals surface area (Å²) in [7, 11) is 4.39. The molecule has 1 rings (SSSR count). The molecule has 0 atom stereocenters. The molecule has 0 unspecified atom stereocenters. The zero-order valence-electron chi connectivity index (χ0n) is 7.19. The molecule has 1 aliphatic heterocycles. The molecule has 0 aromatic carbocycles. The van der Waals surface area contributed by atoms with Crippen molar-refractivity contribution in [3.05, 3.63) is 0 Å². The van der Waals surface area contributed by atoms with Crippen molar-refractivity contribution >= 4 is 11.6 Å². The predicted molar refractivity (Wildman–Crippen MR) is 44.1 cm³/mol. The Morgan fingerprint density at radius 1 is 1.36 bits per heavy atom. The van der Waals surface area contributed by atoms with Crippen LogP contribution in [0.3, 0.4) is 0 Å². The van der Waals surface area contributed by atoms with Crippen LogP contribution in [0.4, 0.5) is 0 Å². The summed E-state index contributed by atoms with van der Waals surface area (Å²) in [5, 5.41) is 0. The Bertz CT molecular complexity index is 111. The molecule has 0 bridgehead atoms. The fourth-order valence-corrected chi connectivity index (χ4v) is 1.41. The molecule has 68 valence electrons. The lowest BCUT2D eigenvalue weighted by Gasteiger charge is -2.39. The summed E-state index contributed by atoms with van der Waals surface area (Å²) in [6.45, 7) is 4.76.